The van der Waals surface area contributed by atoms with Crippen LogP contribution >= 0.6 is 0 Å². The Balaban J connectivity index is 1.11. The molecule has 8 heteroatoms. The van der Waals surface area contributed by atoms with Crippen LogP contribution in [-0.2, 0) is 10.8 Å². The quantitative estimate of drug-likeness (QED) is 0.127. The molecule has 0 radical (unpaired) electrons. The van der Waals surface area contributed by atoms with Crippen molar-refractivity contribution in [3.05, 3.63) is 290 Å². The number of hydrogen-bond acceptors (Lipinski definition) is 8. The standard InChI is InChI=1S/C80H64N8/c1-79(2,3)60-45-59(46-61(47-60)80(4,5)6)62-49-75(87-71-41-25-27-43-73(71)88(74-44-28-26-42-72(74)87)78-85-68(56-35-19-10-20-36-56)51-69(86-78)57-37-21-11-22-38-57)64(70-52-67(55-33-17-9-18-34-55)81-76(84-70)58-39-23-12-24-40-58)48-63(62)77-82-65(53-29-13-7-14-30-53)50-66(83-77)54-31-15-8-16-32-54/h7-52H,1-6H3. The molecule has 0 spiro atoms. The minimum atomic E-state index is -0.194. The Morgan fingerprint density at radius 1 is 0.227 bits per heavy atom. The first-order valence-electron chi connectivity index (χ1n) is 30.0. The van der Waals surface area contributed by atoms with E-state index in [0.29, 0.717) is 17.6 Å². The van der Waals surface area contributed by atoms with Crippen LogP contribution in [0.2, 0.25) is 0 Å². The summed E-state index contributed by atoms with van der Waals surface area (Å²) in [4.78, 5) is 37.8. The zero-order valence-electron chi connectivity index (χ0n) is 50.1. The summed E-state index contributed by atoms with van der Waals surface area (Å²) in [6.45, 7) is 13.8. The van der Waals surface area contributed by atoms with Crippen LogP contribution in [0.15, 0.2) is 279 Å². The van der Waals surface area contributed by atoms with Crippen molar-refractivity contribution < 1.29 is 0 Å². The molecule has 0 bridgehead atoms. The molecular formula is C80H64N8. The largest absolute Gasteiger partial charge is 0.306 e. The van der Waals surface area contributed by atoms with Crippen LogP contribution in [0.4, 0.5) is 34.4 Å². The van der Waals surface area contributed by atoms with Gasteiger partial charge < -0.3 is 4.90 Å². The van der Waals surface area contributed by atoms with Gasteiger partial charge in [-0.1, -0.05) is 266 Å². The van der Waals surface area contributed by atoms with Crippen LogP contribution in [0.5, 0.6) is 0 Å². The van der Waals surface area contributed by atoms with E-state index in [1.165, 1.54) is 11.1 Å². The first-order valence-corrected chi connectivity index (χ1v) is 30.0. The van der Waals surface area contributed by atoms with Gasteiger partial charge >= 0.3 is 0 Å². The Labute approximate surface area is 515 Å². The first-order chi connectivity index (χ1) is 42.9. The molecule has 88 heavy (non-hydrogen) atoms. The molecule has 0 amide bonds. The molecule has 0 atom stereocenters. The molecule has 4 heterocycles. The monoisotopic (exact) mass is 1140 g/mol. The van der Waals surface area contributed by atoms with E-state index < -0.39 is 0 Å². The molecule has 13 aromatic rings. The number of hydrogen-bond donors (Lipinski definition) is 0. The molecule has 0 fully saturated rings. The number of rotatable bonds is 11. The van der Waals surface area contributed by atoms with Gasteiger partial charge in [0.1, 0.15) is 0 Å². The molecule has 3 aromatic heterocycles. The summed E-state index contributed by atoms with van der Waals surface area (Å²) in [7, 11) is 0. The van der Waals surface area contributed by atoms with Crippen molar-refractivity contribution in [1.82, 2.24) is 29.9 Å². The van der Waals surface area contributed by atoms with Crippen molar-refractivity contribution >= 4 is 34.4 Å². The van der Waals surface area contributed by atoms with Gasteiger partial charge in [-0.15, -0.1) is 0 Å². The average molecular weight is 1140 g/mol. The second kappa shape index (κ2) is 22.8. The molecule has 1 aliphatic rings. The van der Waals surface area contributed by atoms with Crippen molar-refractivity contribution in [3.8, 4) is 101 Å². The fraction of sp³-hybridized carbons (Fsp3) is 0.100. The van der Waals surface area contributed by atoms with Crippen LogP contribution in [0, 0.1) is 0 Å². The highest BCUT2D eigenvalue weighted by Crippen LogP contribution is 2.57. The highest BCUT2D eigenvalue weighted by molar-refractivity contribution is 6.05. The maximum Gasteiger partial charge on any atom is 0.235 e. The van der Waals surface area contributed by atoms with Gasteiger partial charge in [-0.25, -0.2) is 29.9 Å². The number of benzene rings is 10. The van der Waals surface area contributed by atoms with Crippen LogP contribution in [0.1, 0.15) is 52.7 Å². The number of nitrogens with zero attached hydrogens (tertiary/aromatic N) is 8. The van der Waals surface area contributed by atoms with Gasteiger partial charge in [0.25, 0.3) is 0 Å². The molecule has 1 aliphatic heterocycles. The summed E-state index contributed by atoms with van der Waals surface area (Å²) in [6.07, 6.45) is 0. The highest BCUT2D eigenvalue weighted by atomic mass is 15.3. The second-order valence-corrected chi connectivity index (χ2v) is 24.4. The fourth-order valence-electron chi connectivity index (χ4n) is 11.7. The predicted molar refractivity (Wildman–Crippen MR) is 362 cm³/mol. The van der Waals surface area contributed by atoms with Crippen LogP contribution < -0.4 is 9.80 Å². The van der Waals surface area contributed by atoms with E-state index in [1.807, 2.05) is 48.5 Å². The van der Waals surface area contributed by atoms with E-state index in [0.717, 1.165) is 118 Å². The van der Waals surface area contributed by atoms with E-state index >= 15 is 0 Å². The van der Waals surface area contributed by atoms with Gasteiger partial charge in [0.15, 0.2) is 11.6 Å². The molecule has 0 saturated heterocycles. The smallest absolute Gasteiger partial charge is 0.235 e. The minimum Gasteiger partial charge on any atom is -0.306 e. The lowest BCUT2D eigenvalue weighted by Crippen LogP contribution is -2.25. The first kappa shape index (κ1) is 54.9. The summed E-state index contributed by atoms with van der Waals surface area (Å²) in [5, 5.41) is 0. The van der Waals surface area contributed by atoms with Gasteiger partial charge in [-0.05, 0) is 87.7 Å². The topological polar surface area (TPSA) is 83.8 Å². The van der Waals surface area contributed by atoms with Crippen molar-refractivity contribution in [3.63, 3.8) is 0 Å². The van der Waals surface area contributed by atoms with Crippen molar-refractivity contribution in [2.45, 2.75) is 52.4 Å². The molecular weight excluding hydrogens is 1070 g/mol. The summed E-state index contributed by atoms with van der Waals surface area (Å²) in [5.74, 6) is 1.73. The summed E-state index contributed by atoms with van der Waals surface area (Å²) < 4.78 is 0. The lowest BCUT2D eigenvalue weighted by atomic mass is 9.78. The molecule has 8 nitrogen and oxygen atoms in total. The summed E-state index contributed by atoms with van der Waals surface area (Å²) >= 11 is 0. The minimum absolute atomic E-state index is 0.194. The third-order valence-corrected chi connectivity index (χ3v) is 16.3. The van der Waals surface area contributed by atoms with Crippen molar-refractivity contribution in [1.29, 1.82) is 0 Å². The third-order valence-electron chi connectivity index (χ3n) is 16.3. The Morgan fingerprint density at radius 2 is 0.545 bits per heavy atom. The van der Waals surface area contributed by atoms with E-state index in [2.05, 4.69) is 282 Å². The van der Waals surface area contributed by atoms with Crippen molar-refractivity contribution in [2.75, 3.05) is 9.80 Å². The Bertz CT molecular complexity index is 4420. The van der Waals surface area contributed by atoms with Gasteiger partial charge in [-0.3, -0.25) is 4.90 Å². The fourth-order valence-corrected chi connectivity index (χ4v) is 11.7. The van der Waals surface area contributed by atoms with E-state index in [4.69, 9.17) is 29.9 Å². The zero-order valence-corrected chi connectivity index (χ0v) is 50.1. The maximum atomic E-state index is 5.66. The average Bonchev–Trinajstić information content (AvgIpc) is 0.955. The SMILES string of the molecule is CC(C)(C)c1cc(-c2cc(N3c4ccccc4N(c4nc(-c5ccccc5)cc(-c5ccccc5)n4)c4ccccc43)c(-c3cc(-c4ccccc4)nc(-c4ccccc4)n3)cc2-c2nc(-c3ccccc3)cc(-c3ccccc3)n2)cc(C(C)(C)C)c1. The lowest BCUT2D eigenvalue weighted by molar-refractivity contribution is 0.569. The van der Waals surface area contributed by atoms with Crippen LogP contribution in [0.25, 0.3) is 101 Å². The number of para-hydroxylation sites is 4. The molecule has 424 valence electrons. The highest BCUT2D eigenvalue weighted by Gasteiger charge is 2.35. The lowest BCUT2D eigenvalue weighted by Gasteiger charge is -2.40. The summed E-state index contributed by atoms with van der Waals surface area (Å²) in [5.41, 5.74) is 20.9. The normalized spacial score (nSPS) is 12.2. The maximum absolute atomic E-state index is 5.66. The van der Waals surface area contributed by atoms with Crippen LogP contribution in [0.3, 0.4) is 0 Å². The van der Waals surface area contributed by atoms with Gasteiger partial charge in [0, 0.05) is 44.5 Å². The zero-order chi connectivity index (χ0) is 59.9. The molecule has 14 rings (SSSR count). The Hall–Kier alpha value is -11.0. The molecule has 0 N–H and O–H groups in total. The number of aromatic nitrogens is 6. The van der Waals surface area contributed by atoms with E-state index in [-0.39, 0.29) is 10.8 Å². The number of fused-ring (bicyclic) bond motifs is 2. The molecule has 10 aromatic carbocycles. The summed E-state index contributed by atoms with van der Waals surface area (Å²) in [6, 6.07) is 97.6. The van der Waals surface area contributed by atoms with Gasteiger partial charge in [0.05, 0.1) is 62.6 Å². The molecule has 0 unspecified atom stereocenters. The Morgan fingerprint density at radius 3 is 0.932 bits per heavy atom. The van der Waals surface area contributed by atoms with Gasteiger partial charge in [-0.2, -0.15) is 0 Å². The van der Waals surface area contributed by atoms with E-state index in [1.54, 1.807) is 0 Å². The molecule has 0 saturated carbocycles. The van der Waals surface area contributed by atoms with E-state index in [9.17, 15) is 0 Å². The number of anilines is 6. The second-order valence-electron chi connectivity index (χ2n) is 24.4. The predicted octanol–water partition coefficient (Wildman–Crippen LogP) is 20.9. The Kier molecular flexibility index (Phi) is 14.2. The van der Waals surface area contributed by atoms with Gasteiger partial charge in [0.2, 0.25) is 5.95 Å². The molecule has 0 aliphatic carbocycles. The third kappa shape index (κ3) is 10.8. The van der Waals surface area contributed by atoms with Crippen LogP contribution in [-0.4, -0.2) is 29.9 Å². The van der Waals surface area contributed by atoms with Crippen molar-refractivity contribution in [2.24, 2.45) is 0 Å².